The van der Waals surface area contributed by atoms with Crippen molar-refractivity contribution >= 4 is 0 Å². The number of aromatic amines is 1. The Balaban J connectivity index is 1.25. The van der Waals surface area contributed by atoms with Crippen molar-refractivity contribution in [3.63, 3.8) is 0 Å². The Morgan fingerprint density at radius 3 is 2.70 bits per heavy atom. The SMILES string of the molecule is CN(Cc1cn[nH]c1-c1cccc(F)c1)[C@@H]1CCCN(C2Cc3ccccc3C2)C1. The molecule has 2 heterocycles. The maximum Gasteiger partial charge on any atom is 0.123 e. The van der Waals surface area contributed by atoms with Crippen molar-refractivity contribution in [1.29, 1.82) is 0 Å². The first-order valence-electron chi connectivity index (χ1n) is 11.0. The van der Waals surface area contributed by atoms with Gasteiger partial charge in [0.15, 0.2) is 0 Å². The zero-order valence-corrected chi connectivity index (χ0v) is 17.5. The van der Waals surface area contributed by atoms with Gasteiger partial charge in [-0.3, -0.25) is 14.9 Å². The van der Waals surface area contributed by atoms with Gasteiger partial charge in [-0.15, -0.1) is 0 Å². The Hall–Kier alpha value is -2.50. The van der Waals surface area contributed by atoms with E-state index in [1.165, 1.54) is 49.4 Å². The van der Waals surface area contributed by atoms with E-state index in [0.29, 0.717) is 12.1 Å². The van der Waals surface area contributed by atoms with Gasteiger partial charge in [0.25, 0.3) is 0 Å². The molecule has 2 aliphatic rings. The fraction of sp³-hybridized carbons (Fsp3) is 0.400. The lowest BCUT2D eigenvalue weighted by molar-refractivity contribution is 0.0836. The number of benzene rings is 2. The van der Waals surface area contributed by atoms with Crippen LogP contribution in [0.3, 0.4) is 0 Å². The highest BCUT2D eigenvalue weighted by Gasteiger charge is 2.31. The molecule has 0 saturated carbocycles. The molecule has 5 rings (SSSR count). The molecule has 5 heteroatoms. The third-order valence-corrected chi connectivity index (χ3v) is 6.85. The molecule has 0 spiro atoms. The van der Waals surface area contributed by atoms with Gasteiger partial charge in [0.2, 0.25) is 0 Å². The molecule has 1 aliphatic carbocycles. The van der Waals surface area contributed by atoms with E-state index < -0.39 is 0 Å². The van der Waals surface area contributed by atoms with Crippen LogP contribution in [0.5, 0.6) is 0 Å². The molecule has 0 amide bonds. The zero-order valence-electron chi connectivity index (χ0n) is 17.5. The number of halogens is 1. The Morgan fingerprint density at radius 1 is 1.13 bits per heavy atom. The minimum Gasteiger partial charge on any atom is -0.298 e. The van der Waals surface area contributed by atoms with Crippen LogP contribution >= 0.6 is 0 Å². The second-order valence-corrected chi connectivity index (χ2v) is 8.82. The Bertz CT molecular complexity index is 989. The van der Waals surface area contributed by atoms with Crippen molar-refractivity contribution in [3.8, 4) is 11.3 Å². The molecule has 1 aromatic heterocycles. The first-order valence-corrected chi connectivity index (χ1v) is 11.0. The molecule has 2 aromatic carbocycles. The molecule has 0 unspecified atom stereocenters. The van der Waals surface area contributed by atoms with Crippen LogP contribution in [0.4, 0.5) is 4.39 Å². The molecule has 1 atom stereocenters. The van der Waals surface area contributed by atoms with Gasteiger partial charge in [0.05, 0.1) is 11.9 Å². The van der Waals surface area contributed by atoms with E-state index in [2.05, 4.69) is 51.3 Å². The van der Waals surface area contributed by atoms with Crippen LogP contribution in [0.1, 0.15) is 29.5 Å². The lowest BCUT2D eigenvalue weighted by Gasteiger charge is -2.40. The molecule has 1 N–H and O–H groups in total. The molecule has 30 heavy (non-hydrogen) atoms. The van der Waals surface area contributed by atoms with Crippen molar-refractivity contribution in [2.45, 2.75) is 44.3 Å². The minimum atomic E-state index is -0.220. The van der Waals surface area contributed by atoms with E-state index in [4.69, 9.17) is 0 Å². The summed E-state index contributed by atoms with van der Waals surface area (Å²) >= 11 is 0. The van der Waals surface area contributed by atoms with Crippen molar-refractivity contribution in [1.82, 2.24) is 20.0 Å². The van der Waals surface area contributed by atoms with Crippen molar-refractivity contribution in [2.24, 2.45) is 0 Å². The summed E-state index contributed by atoms with van der Waals surface area (Å²) in [6.45, 7) is 3.12. The van der Waals surface area contributed by atoms with Crippen LogP contribution in [0, 0.1) is 5.82 Å². The summed E-state index contributed by atoms with van der Waals surface area (Å²) in [7, 11) is 2.21. The van der Waals surface area contributed by atoms with Gasteiger partial charge < -0.3 is 0 Å². The van der Waals surface area contributed by atoms with Crippen LogP contribution in [0.25, 0.3) is 11.3 Å². The van der Waals surface area contributed by atoms with Gasteiger partial charge in [-0.05, 0) is 62.5 Å². The monoisotopic (exact) mass is 404 g/mol. The quantitative estimate of drug-likeness (QED) is 0.689. The highest BCUT2D eigenvalue weighted by Crippen LogP contribution is 2.29. The summed E-state index contributed by atoms with van der Waals surface area (Å²) in [5, 5.41) is 7.31. The summed E-state index contributed by atoms with van der Waals surface area (Å²) in [6.07, 6.45) is 6.70. The summed E-state index contributed by atoms with van der Waals surface area (Å²) in [6, 6.07) is 16.8. The van der Waals surface area contributed by atoms with Gasteiger partial charge in [0, 0.05) is 36.3 Å². The molecule has 156 valence electrons. The average molecular weight is 405 g/mol. The second-order valence-electron chi connectivity index (χ2n) is 8.82. The van der Waals surface area contributed by atoms with Gasteiger partial charge in [-0.2, -0.15) is 5.10 Å². The van der Waals surface area contributed by atoms with Gasteiger partial charge in [0.1, 0.15) is 5.82 Å². The third-order valence-electron chi connectivity index (χ3n) is 6.85. The summed E-state index contributed by atoms with van der Waals surface area (Å²) in [5.74, 6) is -0.220. The van der Waals surface area contributed by atoms with E-state index in [1.807, 2.05) is 12.3 Å². The van der Waals surface area contributed by atoms with E-state index >= 15 is 0 Å². The van der Waals surface area contributed by atoms with Gasteiger partial charge >= 0.3 is 0 Å². The largest absolute Gasteiger partial charge is 0.298 e. The highest BCUT2D eigenvalue weighted by molar-refractivity contribution is 5.62. The number of nitrogens with one attached hydrogen (secondary N) is 1. The number of likely N-dealkylation sites (tertiary alicyclic amines) is 1. The number of H-pyrrole nitrogens is 1. The minimum absolute atomic E-state index is 0.220. The van der Waals surface area contributed by atoms with E-state index in [1.54, 1.807) is 12.1 Å². The molecule has 0 bridgehead atoms. The van der Waals surface area contributed by atoms with E-state index in [0.717, 1.165) is 29.9 Å². The number of aromatic nitrogens is 2. The average Bonchev–Trinajstić information content (AvgIpc) is 3.40. The third kappa shape index (κ3) is 3.92. The molecule has 0 radical (unpaired) electrons. The molecule has 3 aromatic rings. The van der Waals surface area contributed by atoms with E-state index in [-0.39, 0.29) is 5.82 Å². The number of fused-ring (bicyclic) bond motifs is 1. The van der Waals surface area contributed by atoms with Crippen molar-refractivity contribution < 1.29 is 4.39 Å². The number of nitrogens with zero attached hydrogens (tertiary/aromatic N) is 3. The lowest BCUT2D eigenvalue weighted by atomic mass is 10.0. The Labute approximate surface area is 177 Å². The number of rotatable bonds is 5. The zero-order chi connectivity index (χ0) is 20.5. The topological polar surface area (TPSA) is 35.2 Å². The number of piperidine rings is 1. The van der Waals surface area contributed by atoms with Crippen LogP contribution in [0.15, 0.2) is 54.7 Å². The Kier molecular flexibility index (Phi) is 5.40. The van der Waals surface area contributed by atoms with Crippen molar-refractivity contribution in [3.05, 3.63) is 77.2 Å². The normalized spacial score (nSPS) is 20.0. The fourth-order valence-corrected chi connectivity index (χ4v) is 5.19. The maximum absolute atomic E-state index is 13.7. The van der Waals surface area contributed by atoms with Crippen LogP contribution in [-0.2, 0) is 19.4 Å². The second kappa shape index (κ2) is 8.32. The number of hydrogen-bond acceptors (Lipinski definition) is 3. The molecular formula is C25H29FN4. The lowest BCUT2D eigenvalue weighted by Crippen LogP contribution is -2.50. The predicted molar refractivity (Wildman–Crippen MR) is 118 cm³/mol. The molecule has 1 fully saturated rings. The van der Waals surface area contributed by atoms with Gasteiger partial charge in [-0.25, -0.2) is 4.39 Å². The predicted octanol–water partition coefficient (Wildman–Crippen LogP) is 4.28. The molecular weight excluding hydrogens is 375 g/mol. The highest BCUT2D eigenvalue weighted by atomic mass is 19.1. The molecule has 1 saturated heterocycles. The summed E-state index contributed by atoms with van der Waals surface area (Å²) < 4.78 is 13.7. The number of hydrogen-bond donors (Lipinski definition) is 1. The molecule has 1 aliphatic heterocycles. The van der Waals surface area contributed by atoms with Crippen LogP contribution in [-0.4, -0.2) is 52.2 Å². The first kappa shape index (κ1) is 19.5. The molecule has 4 nitrogen and oxygen atoms in total. The van der Waals surface area contributed by atoms with Crippen LogP contribution in [0.2, 0.25) is 0 Å². The standard InChI is InChI=1S/C25H29FN4/c1-29(16-21-15-27-28-25(21)20-8-4-9-22(26)12-20)23-10-5-11-30(17-23)24-13-18-6-2-3-7-19(18)14-24/h2-4,6-9,12,15,23-24H,5,10-11,13-14,16-17H2,1H3,(H,27,28)/t23-/m1/s1. The van der Waals surface area contributed by atoms with Gasteiger partial charge in [-0.1, -0.05) is 36.4 Å². The van der Waals surface area contributed by atoms with Crippen molar-refractivity contribution in [2.75, 3.05) is 20.1 Å². The maximum atomic E-state index is 13.7. The number of likely N-dealkylation sites (N-methyl/N-ethyl adjacent to an activating group) is 1. The summed E-state index contributed by atoms with van der Waals surface area (Å²) in [4.78, 5) is 5.15. The Morgan fingerprint density at radius 2 is 1.93 bits per heavy atom. The van der Waals surface area contributed by atoms with E-state index in [9.17, 15) is 4.39 Å². The van der Waals surface area contributed by atoms with Crippen LogP contribution < -0.4 is 0 Å². The fourth-order valence-electron chi connectivity index (χ4n) is 5.19. The first-order chi connectivity index (χ1) is 14.7. The summed E-state index contributed by atoms with van der Waals surface area (Å²) in [5.41, 5.74) is 5.94. The smallest absolute Gasteiger partial charge is 0.123 e.